The molecule has 33 heavy (non-hydrogen) atoms. The van der Waals surface area contributed by atoms with Gasteiger partial charge in [0.15, 0.2) is 0 Å². The monoisotopic (exact) mass is 506 g/mol. The lowest BCUT2D eigenvalue weighted by Crippen LogP contribution is -2.57. The predicted molar refractivity (Wildman–Crippen MR) is 111 cm³/mol. The number of sulfonamides is 1. The highest BCUT2D eigenvalue weighted by atomic mass is 32.2. The van der Waals surface area contributed by atoms with Crippen molar-refractivity contribution in [3.63, 3.8) is 0 Å². The molecular weight excluding hydrogens is 486 g/mol. The maximum atomic E-state index is 13.2. The Balaban J connectivity index is 0.000000942. The molecule has 10 nitrogen and oxygen atoms in total. The summed E-state index contributed by atoms with van der Waals surface area (Å²) in [6.45, 7) is 0.334. The van der Waals surface area contributed by atoms with E-state index in [0.29, 0.717) is 12.5 Å². The molecule has 0 radical (unpaired) electrons. The highest BCUT2D eigenvalue weighted by Crippen LogP contribution is 2.29. The van der Waals surface area contributed by atoms with Gasteiger partial charge in [-0.25, -0.2) is 27.0 Å². The molecule has 2 fully saturated rings. The Labute approximate surface area is 192 Å². The van der Waals surface area contributed by atoms with Crippen LogP contribution in [-0.2, 0) is 31.2 Å². The minimum absolute atomic E-state index is 0.0362. The van der Waals surface area contributed by atoms with E-state index >= 15 is 0 Å². The fourth-order valence-electron chi connectivity index (χ4n) is 2.99. The SMILES string of the molecule is C1OO1.O=C(O)C1C(NO)SCCN1S(=O)(=O)c1ccc(OCc2cc(F)cc(F)c2)cc1. The van der Waals surface area contributed by atoms with E-state index in [9.17, 15) is 27.1 Å². The van der Waals surface area contributed by atoms with Gasteiger partial charge in [-0.3, -0.25) is 4.79 Å². The van der Waals surface area contributed by atoms with E-state index in [1.54, 1.807) is 0 Å². The van der Waals surface area contributed by atoms with Gasteiger partial charge in [0.05, 0.1) is 4.90 Å². The Morgan fingerprint density at radius 3 is 2.30 bits per heavy atom. The molecule has 14 heteroatoms. The predicted octanol–water partition coefficient (Wildman–Crippen LogP) is 1.95. The summed E-state index contributed by atoms with van der Waals surface area (Å²) in [5.41, 5.74) is 2.11. The molecule has 2 heterocycles. The van der Waals surface area contributed by atoms with Crippen LogP contribution in [-0.4, -0.2) is 59.5 Å². The zero-order chi connectivity index (χ0) is 24.0. The summed E-state index contributed by atoms with van der Waals surface area (Å²) in [4.78, 5) is 19.4. The summed E-state index contributed by atoms with van der Waals surface area (Å²) in [6, 6.07) is 6.71. The number of nitrogens with zero attached hydrogens (tertiary/aromatic N) is 1. The Hall–Kier alpha value is -2.33. The highest BCUT2D eigenvalue weighted by molar-refractivity contribution is 8.00. The van der Waals surface area contributed by atoms with Crippen LogP contribution in [0.1, 0.15) is 5.56 Å². The Kier molecular flexibility index (Phi) is 8.58. The third kappa shape index (κ3) is 6.83. The lowest BCUT2D eigenvalue weighted by molar-refractivity contribution is -0.142. The first-order valence-corrected chi connectivity index (χ1v) is 11.9. The second kappa shape index (κ2) is 11.2. The average Bonchev–Trinajstić information content (AvgIpc) is 3.66. The van der Waals surface area contributed by atoms with Crippen molar-refractivity contribution >= 4 is 27.8 Å². The maximum absolute atomic E-state index is 13.2. The number of carboxylic acids is 1. The molecule has 4 rings (SSSR count). The van der Waals surface area contributed by atoms with Crippen LogP contribution in [0.15, 0.2) is 47.4 Å². The van der Waals surface area contributed by atoms with Crippen LogP contribution >= 0.6 is 11.8 Å². The second-order valence-corrected chi connectivity index (χ2v) is 9.85. The van der Waals surface area contributed by atoms with Gasteiger partial charge in [-0.05, 0) is 42.0 Å². The number of carbonyl (C=O) groups is 1. The number of benzene rings is 2. The number of halogens is 2. The van der Waals surface area contributed by atoms with Gasteiger partial charge in [0.2, 0.25) is 16.8 Å². The summed E-state index contributed by atoms with van der Waals surface area (Å²) in [6.07, 6.45) is 0. The molecule has 3 N–H and O–H groups in total. The molecule has 2 aliphatic rings. The zero-order valence-electron chi connectivity index (χ0n) is 16.9. The fourth-order valence-corrected chi connectivity index (χ4v) is 5.85. The topological polar surface area (TPSA) is 141 Å². The highest BCUT2D eigenvalue weighted by Gasteiger charge is 2.44. The van der Waals surface area contributed by atoms with Gasteiger partial charge in [-0.2, -0.15) is 9.79 Å². The van der Waals surface area contributed by atoms with Crippen LogP contribution in [0.4, 0.5) is 8.78 Å². The summed E-state index contributed by atoms with van der Waals surface area (Å²) in [5, 5.41) is 17.6. The van der Waals surface area contributed by atoms with E-state index in [1.165, 1.54) is 24.3 Å². The van der Waals surface area contributed by atoms with Crippen molar-refractivity contribution in [1.82, 2.24) is 9.79 Å². The van der Waals surface area contributed by atoms with Crippen molar-refractivity contribution < 1.29 is 46.8 Å². The fraction of sp³-hybridized carbons (Fsp3) is 0.316. The van der Waals surface area contributed by atoms with E-state index < -0.39 is 39.0 Å². The normalized spacial score (nSPS) is 20.5. The van der Waals surface area contributed by atoms with E-state index in [0.717, 1.165) is 34.3 Å². The molecule has 0 aromatic heterocycles. The largest absolute Gasteiger partial charge is 0.489 e. The first-order valence-electron chi connectivity index (χ1n) is 9.40. The zero-order valence-corrected chi connectivity index (χ0v) is 18.5. The summed E-state index contributed by atoms with van der Waals surface area (Å²) >= 11 is 1.10. The molecule has 0 saturated carbocycles. The van der Waals surface area contributed by atoms with Gasteiger partial charge >= 0.3 is 5.97 Å². The number of aliphatic carboxylic acids is 1. The number of thioether (sulfide) groups is 1. The number of carboxylic acid groups (broad SMARTS) is 1. The van der Waals surface area contributed by atoms with Crippen LogP contribution in [0.3, 0.4) is 0 Å². The van der Waals surface area contributed by atoms with Gasteiger partial charge in [-0.1, -0.05) is 0 Å². The van der Waals surface area contributed by atoms with E-state index in [4.69, 9.17) is 9.94 Å². The van der Waals surface area contributed by atoms with Crippen LogP contribution in [0, 0.1) is 11.6 Å². The lowest BCUT2D eigenvalue weighted by atomic mass is 10.2. The van der Waals surface area contributed by atoms with E-state index in [1.807, 2.05) is 5.48 Å². The molecule has 2 aliphatic heterocycles. The molecule has 2 atom stereocenters. The van der Waals surface area contributed by atoms with E-state index in [-0.39, 0.29) is 29.4 Å². The number of hydrogen-bond acceptors (Lipinski definition) is 9. The number of hydroxylamine groups is 1. The van der Waals surface area contributed by atoms with Crippen LogP contribution < -0.4 is 10.2 Å². The molecule has 2 saturated heterocycles. The molecular formula is C19H20F2N2O8S2. The molecule has 180 valence electrons. The molecule has 2 unspecified atom stereocenters. The molecule has 0 bridgehead atoms. The average molecular weight is 507 g/mol. The molecule has 0 spiro atoms. The molecule has 2 aromatic carbocycles. The standard InChI is InChI=1S/C18H18F2N2O6S2.CH2O2/c19-12-7-11(8-13(20)9-12)10-28-14-1-3-15(4-2-14)30(26,27)22-5-6-29-17(21-25)16(22)18(23)24;1-2-3-1/h1-4,7-9,16-17,21,25H,5-6,10H2,(H,23,24);1H2. The maximum Gasteiger partial charge on any atom is 0.324 e. The third-order valence-electron chi connectivity index (χ3n) is 4.46. The number of ether oxygens (including phenoxy) is 1. The Morgan fingerprint density at radius 2 is 1.79 bits per heavy atom. The van der Waals surface area contributed by atoms with Crippen molar-refractivity contribution in [1.29, 1.82) is 0 Å². The van der Waals surface area contributed by atoms with Crippen LogP contribution in [0.2, 0.25) is 0 Å². The Morgan fingerprint density at radius 1 is 1.18 bits per heavy atom. The van der Waals surface area contributed by atoms with Crippen molar-refractivity contribution in [2.24, 2.45) is 0 Å². The summed E-state index contributed by atoms with van der Waals surface area (Å²) in [5.74, 6) is -2.30. The second-order valence-electron chi connectivity index (χ2n) is 6.71. The molecule has 2 aromatic rings. The third-order valence-corrected chi connectivity index (χ3v) is 7.50. The molecule has 0 amide bonds. The van der Waals surface area contributed by atoms with Crippen molar-refractivity contribution in [3.05, 3.63) is 59.7 Å². The number of nitrogens with one attached hydrogen (secondary N) is 1. The van der Waals surface area contributed by atoms with Gasteiger partial charge in [-0.15, -0.1) is 11.8 Å². The van der Waals surface area contributed by atoms with Gasteiger partial charge in [0, 0.05) is 18.4 Å². The van der Waals surface area contributed by atoms with Gasteiger partial charge in [0.1, 0.15) is 35.4 Å². The first-order chi connectivity index (χ1) is 15.7. The first kappa shape index (κ1) is 25.3. The Bertz CT molecular complexity index is 1050. The summed E-state index contributed by atoms with van der Waals surface area (Å²) < 4.78 is 58.6. The minimum atomic E-state index is -4.16. The van der Waals surface area contributed by atoms with E-state index in [2.05, 4.69) is 9.78 Å². The van der Waals surface area contributed by atoms with Crippen molar-refractivity contribution in [2.75, 3.05) is 19.1 Å². The van der Waals surface area contributed by atoms with Crippen LogP contribution in [0.5, 0.6) is 5.75 Å². The van der Waals surface area contributed by atoms with Gasteiger partial charge < -0.3 is 15.1 Å². The smallest absolute Gasteiger partial charge is 0.324 e. The van der Waals surface area contributed by atoms with Crippen molar-refractivity contribution in [2.45, 2.75) is 22.9 Å². The van der Waals surface area contributed by atoms with Crippen LogP contribution in [0.25, 0.3) is 0 Å². The summed E-state index contributed by atoms with van der Waals surface area (Å²) in [7, 11) is -4.16. The minimum Gasteiger partial charge on any atom is -0.489 e. The lowest BCUT2D eigenvalue weighted by Gasteiger charge is -2.36. The number of rotatable bonds is 7. The van der Waals surface area contributed by atoms with Crippen molar-refractivity contribution in [3.8, 4) is 5.75 Å². The quantitative estimate of drug-likeness (QED) is 0.290. The molecule has 0 aliphatic carbocycles. The number of hydrogen-bond donors (Lipinski definition) is 3. The van der Waals surface area contributed by atoms with Gasteiger partial charge in [0.25, 0.3) is 0 Å².